The molecule has 0 radical (unpaired) electrons. The van der Waals surface area contributed by atoms with E-state index in [1.807, 2.05) is 0 Å². The lowest BCUT2D eigenvalue weighted by Crippen LogP contribution is -2.44. The van der Waals surface area contributed by atoms with Crippen LogP contribution in [0, 0.1) is 5.82 Å². The van der Waals surface area contributed by atoms with Crippen molar-refractivity contribution in [2.45, 2.75) is 30.4 Å². The van der Waals surface area contributed by atoms with Crippen molar-refractivity contribution in [1.29, 1.82) is 0 Å². The number of ether oxygens (including phenoxy) is 1. The molecule has 1 aromatic rings. The van der Waals surface area contributed by atoms with E-state index in [1.165, 1.54) is 26.2 Å². The minimum Gasteiger partial charge on any atom is -0.481 e. The van der Waals surface area contributed by atoms with Crippen molar-refractivity contribution in [3.05, 3.63) is 29.0 Å². The zero-order valence-electron chi connectivity index (χ0n) is 11.3. The van der Waals surface area contributed by atoms with Crippen LogP contribution in [0.25, 0.3) is 0 Å². The Bertz CT molecular complexity index is 602. The first-order valence-corrected chi connectivity index (χ1v) is 7.76. The van der Waals surface area contributed by atoms with Crippen LogP contribution in [0.5, 0.6) is 0 Å². The smallest absolute Gasteiger partial charge is 0.305 e. The number of carboxylic acids is 1. The fraction of sp³-hybridized carbons (Fsp3) is 0.417. The molecule has 0 spiro atoms. The maximum absolute atomic E-state index is 13.7. The fourth-order valence-electron chi connectivity index (χ4n) is 1.65. The minimum absolute atomic E-state index is 0.290. The van der Waals surface area contributed by atoms with Crippen LogP contribution < -0.4 is 4.72 Å². The Morgan fingerprint density at radius 3 is 2.62 bits per heavy atom. The van der Waals surface area contributed by atoms with Gasteiger partial charge in [-0.1, -0.05) is 17.7 Å². The summed E-state index contributed by atoms with van der Waals surface area (Å²) < 4.78 is 45.1. The van der Waals surface area contributed by atoms with Crippen molar-refractivity contribution in [3.8, 4) is 0 Å². The van der Waals surface area contributed by atoms with Gasteiger partial charge in [0.15, 0.2) is 0 Å². The lowest BCUT2D eigenvalue weighted by Gasteiger charge is -2.22. The summed E-state index contributed by atoms with van der Waals surface area (Å²) in [6.45, 7) is 1.50. The highest BCUT2D eigenvalue weighted by Gasteiger charge is 2.30. The van der Waals surface area contributed by atoms with Crippen LogP contribution in [-0.2, 0) is 19.6 Å². The van der Waals surface area contributed by atoms with Gasteiger partial charge in [0.1, 0.15) is 10.7 Å². The molecule has 2 atom stereocenters. The molecule has 118 valence electrons. The van der Waals surface area contributed by atoms with Crippen LogP contribution in [0.15, 0.2) is 23.1 Å². The minimum atomic E-state index is -4.32. The molecule has 2 N–H and O–H groups in total. The molecule has 0 aliphatic carbocycles. The van der Waals surface area contributed by atoms with Gasteiger partial charge in [-0.2, -0.15) is 0 Å². The molecule has 0 aliphatic rings. The van der Waals surface area contributed by atoms with Gasteiger partial charge in [0, 0.05) is 7.11 Å². The fourth-order valence-corrected chi connectivity index (χ4v) is 3.56. The SMILES string of the molecule is CO[C@H](C)[C@@H](CC(=O)O)NS(=O)(=O)c1c(F)cccc1Cl. The normalized spacial score (nSPS) is 14.7. The standard InChI is InChI=1S/C12H15ClFNO5S/c1-7(20-2)10(6-11(16)17)15-21(18,19)12-8(13)4-3-5-9(12)14/h3-5,7,10,15H,6H2,1-2H3,(H,16,17)/t7-,10-/m1/s1. The number of nitrogens with one attached hydrogen (secondary N) is 1. The van der Waals surface area contributed by atoms with Crippen LogP contribution >= 0.6 is 11.6 Å². The van der Waals surface area contributed by atoms with Gasteiger partial charge in [0.25, 0.3) is 0 Å². The average molecular weight is 340 g/mol. The molecule has 0 aliphatic heterocycles. The van der Waals surface area contributed by atoms with Crippen molar-refractivity contribution in [3.63, 3.8) is 0 Å². The average Bonchev–Trinajstić information content (AvgIpc) is 2.35. The maximum Gasteiger partial charge on any atom is 0.305 e. The van der Waals surface area contributed by atoms with E-state index in [0.29, 0.717) is 0 Å². The zero-order valence-corrected chi connectivity index (χ0v) is 12.9. The number of carboxylic acid groups (broad SMARTS) is 1. The summed E-state index contributed by atoms with van der Waals surface area (Å²) in [4.78, 5) is 10.1. The molecule has 0 heterocycles. The van der Waals surface area contributed by atoms with E-state index in [4.69, 9.17) is 21.4 Å². The summed E-state index contributed by atoms with van der Waals surface area (Å²) in [5.41, 5.74) is 0. The third-order valence-electron chi connectivity index (χ3n) is 2.83. The number of carbonyl (C=O) groups is 1. The molecule has 0 fully saturated rings. The van der Waals surface area contributed by atoms with E-state index in [-0.39, 0.29) is 5.02 Å². The van der Waals surface area contributed by atoms with Crippen LogP contribution in [-0.4, -0.2) is 38.7 Å². The third-order valence-corrected chi connectivity index (χ3v) is 4.82. The maximum atomic E-state index is 13.7. The molecule has 0 saturated carbocycles. The van der Waals surface area contributed by atoms with Crippen molar-refractivity contribution < 1.29 is 27.4 Å². The Labute approximate surface area is 126 Å². The van der Waals surface area contributed by atoms with E-state index in [2.05, 4.69) is 4.72 Å². The largest absolute Gasteiger partial charge is 0.481 e. The molecule has 9 heteroatoms. The molecule has 1 rings (SSSR count). The van der Waals surface area contributed by atoms with E-state index in [0.717, 1.165) is 6.07 Å². The van der Waals surface area contributed by atoms with Gasteiger partial charge in [0.05, 0.1) is 23.6 Å². The van der Waals surface area contributed by atoms with Gasteiger partial charge in [-0.15, -0.1) is 0 Å². The summed E-state index contributed by atoms with van der Waals surface area (Å²) in [5, 5.41) is 8.52. The zero-order chi connectivity index (χ0) is 16.2. The molecule has 6 nitrogen and oxygen atoms in total. The van der Waals surface area contributed by atoms with Gasteiger partial charge in [-0.25, -0.2) is 17.5 Å². The number of aliphatic carboxylic acids is 1. The number of hydrogen-bond acceptors (Lipinski definition) is 4. The van der Waals surface area contributed by atoms with Gasteiger partial charge in [-0.05, 0) is 19.1 Å². The summed E-state index contributed by atoms with van der Waals surface area (Å²) in [6, 6.07) is 2.38. The van der Waals surface area contributed by atoms with E-state index < -0.39 is 45.3 Å². The molecule has 0 bridgehead atoms. The molecule has 0 aromatic heterocycles. The van der Waals surface area contributed by atoms with Gasteiger partial charge >= 0.3 is 5.97 Å². The Balaban J connectivity index is 3.14. The second kappa shape index (κ2) is 7.17. The van der Waals surface area contributed by atoms with Crippen LogP contribution in [0.3, 0.4) is 0 Å². The highest BCUT2D eigenvalue weighted by Crippen LogP contribution is 2.24. The number of sulfonamides is 1. The molecule has 1 aromatic carbocycles. The monoisotopic (exact) mass is 339 g/mol. The summed E-state index contributed by atoms with van der Waals surface area (Å²) in [7, 11) is -3.01. The van der Waals surface area contributed by atoms with Crippen LogP contribution in [0.1, 0.15) is 13.3 Å². The predicted molar refractivity (Wildman–Crippen MR) is 74.2 cm³/mol. The Morgan fingerprint density at radius 2 is 2.14 bits per heavy atom. The Hall–Kier alpha value is -1.22. The van der Waals surface area contributed by atoms with Gasteiger partial charge in [0.2, 0.25) is 10.0 Å². The summed E-state index contributed by atoms with van der Waals surface area (Å²) in [5.74, 6) is -2.24. The Morgan fingerprint density at radius 1 is 1.52 bits per heavy atom. The van der Waals surface area contributed by atoms with Crippen LogP contribution in [0.2, 0.25) is 5.02 Å². The quantitative estimate of drug-likeness (QED) is 0.787. The van der Waals surface area contributed by atoms with Crippen molar-refractivity contribution in [2.75, 3.05) is 7.11 Å². The molecule has 0 amide bonds. The number of methoxy groups -OCH3 is 1. The van der Waals surface area contributed by atoms with Gasteiger partial charge in [-0.3, -0.25) is 4.79 Å². The number of hydrogen-bond donors (Lipinski definition) is 2. The topological polar surface area (TPSA) is 92.7 Å². The first kappa shape index (κ1) is 17.8. The summed E-state index contributed by atoms with van der Waals surface area (Å²) >= 11 is 5.71. The van der Waals surface area contributed by atoms with Crippen LogP contribution in [0.4, 0.5) is 4.39 Å². The lowest BCUT2D eigenvalue weighted by molar-refractivity contribution is -0.138. The van der Waals surface area contributed by atoms with E-state index in [9.17, 15) is 17.6 Å². The Kier molecular flexibility index (Phi) is 6.09. The van der Waals surface area contributed by atoms with Crippen molar-refractivity contribution in [2.24, 2.45) is 0 Å². The third kappa shape index (κ3) is 4.63. The highest BCUT2D eigenvalue weighted by molar-refractivity contribution is 7.89. The van der Waals surface area contributed by atoms with Gasteiger partial charge < -0.3 is 9.84 Å². The second-order valence-electron chi connectivity index (χ2n) is 4.32. The molecular formula is C12H15ClFNO5S. The predicted octanol–water partition coefficient (Wildman–Crippen LogP) is 1.64. The van der Waals surface area contributed by atoms with E-state index >= 15 is 0 Å². The number of benzene rings is 1. The molecular weight excluding hydrogens is 325 g/mol. The first-order valence-electron chi connectivity index (χ1n) is 5.90. The second-order valence-corrected chi connectivity index (χ2v) is 6.38. The highest BCUT2D eigenvalue weighted by atomic mass is 35.5. The number of halogens is 2. The first-order chi connectivity index (χ1) is 9.69. The number of rotatable bonds is 7. The molecule has 0 unspecified atom stereocenters. The lowest BCUT2D eigenvalue weighted by atomic mass is 10.1. The molecule has 21 heavy (non-hydrogen) atoms. The molecule has 0 saturated heterocycles. The van der Waals surface area contributed by atoms with E-state index in [1.54, 1.807) is 0 Å². The summed E-state index contributed by atoms with van der Waals surface area (Å²) in [6.07, 6.45) is -1.23. The van der Waals surface area contributed by atoms with Crippen molar-refractivity contribution in [1.82, 2.24) is 4.72 Å². The van der Waals surface area contributed by atoms with Crippen molar-refractivity contribution >= 4 is 27.6 Å².